The molecule has 7 heteroatoms. The first-order valence-electron chi connectivity index (χ1n) is 8.96. The quantitative estimate of drug-likeness (QED) is 0.623. The van der Waals surface area contributed by atoms with Gasteiger partial charge in [-0.15, -0.1) is 0 Å². The van der Waals surface area contributed by atoms with E-state index in [1.165, 1.54) is 5.01 Å². The summed E-state index contributed by atoms with van der Waals surface area (Å²) in [5, 5.41) is 15.4. The van der Waals surface area contributed by atoms with Crippen molar-refractivity contribution in [1.29, 1.82) is 5.26 Å². The van der Waals surface area contributed by atoms with E-state index in [1.54, 1.807) is 48.7 Å². The number of hydrogen-bond acceptors (Lipinski definition) is 5. The van der Waals surface area contributed by atoms with Gasteiger partial charge in [-0.3, -0.25) is 4.79 Å². The standard InChI is InChI=1S/C22H16ClN3O3/c23-17-7-5-16(6-8-17)19-12-20(21-2-1-11-28-21)26(25-19)22(27)14-29-18-9-3-15(13-24)4-10-18/h1-11,20H,12,14H2/t20-/m0/s1. The number of rotatable bonds is 5. The van der Waals surface area contributed by atoms with Gasteiger partial charge in [0.05, 0.1) is 23.6 Å². The van der Waals surface area contributed by atoms with Crippen molar-refractivity contribution in [2.45, 2.75) is 12.5 Å². The van der Waals surface area contributed by atoms with E-state index in [-0.39, 0.29) is 18.6 Å². The summed E-state index contributed by atoms with van der Waals surface area (Å²) in [7, 11) is 0. The highest BCUT2D eigenvalue weighted by molar-refractivity contribution is 6.30. The second kappa shape index (κ2) is 8.21. The average Bonchev–Trinajstić information content (AvgIpc) is 3.43. The van der Waals surface area contributed by atoms with Crippen LogP contribution in [0, 0.1) is 11.3 Å². The minimum atomic E-state index is -0.340. The summed E-state index contributed by atoms with van der Waals surface area (Å²) in [6, 6.07) is 19.2. The maximum absolute atomic E-state index is 12.9. The Labute approximate surface area is 172 Å². The molecule has 0 bridgehead atoms. The Hall–Kier alpha value is -3.56. The van der Waals surface area contributed by atoms with Gasteiger partial charge in [0.15, 0.2) is 6.61 Å². The van der Waals surface area contributed by atoms with Crippen molar-refractivity contribution in [3.05, 3.63) is 88.8 Å². The Morgan fingerprint density at radius 1 is 1.21 bits per heavy atom. The number of hydrogen-bond donors (Lipinski definition) is 0. The van der Waals surface area contributed by atoms with Crippen LogP contribution in [-0.2, 0) is 4.79 Å². The zero-order valence-electron chi connectivity index (χ0n) is 15.3. The van der Waals surface area contributed by atoms with Crippen LogP contribution >= 0.6 is 11.6 Å². The molecule has 1 aliphatic rings. The van der Waals surface area contributed by atoms with E-state index in [0.717, 1.165) is 11.3 Å². The number of carbonyl (C=O) groups is 1. The molecular weight excluding hydrogens is 390 g/mol. The van der Waals surface area contributed by atoms with Gasteiger partial charge in [0.25, 0.3) is 5.91 Å². The maximum atomic E-state index is 12.9. The van der Waals surface area contributed by atoms with E-state index in [1.807, 2.05) is 24.3 Å². The number of hydrazone groups is 1. The van der Waals surface area contributed by atoms with Crippen molar-refractivity contribution in [1.82, 2.24) is 5.01 Å². The van der Waals surface area contributed by atoms with Crippen molar-refractivity contribution >= 4 is 23.2 Å². The summed E-state index contributed by atoms with van der Waals surface area (Å²) >= 11 is 5.97. The van der Waals surface area contributed by atoms with Crippen molar-refractivity contribution < 1.29 is 13.9 Å². The Balaban J connectivity index is 1.53. The molecule has 0 radical (unpaired) electrons. The highest BCUT2D eigenvalue weighted by Crippen LogP contribution is 2.33. The molecule has 0 saturated carbocycles. The van der Waals surface area contributed by atoms with E-state index in [9.17, 15) is 4.79 Å². The molecule has 2 aromatic carbocycles. The molecule has 0 unspecified atom stereocenters. The molecule has 4 rings (SSSR count). The van der Waals surface area contributed by atoms with Gasteiger partial charge in [0.1, 0.15) is 17.6 Å². The number of furan rings is 1. The first kappa shape index (κ1) is 18.8. The van der Waals surface area contributed by atoms with E-state index >= 15 is 0 Å². The topological polar surface area (TPSA) is 78.8 Å². The van der Waals surface area contributed by atoms with Crippen LogP contribution in [0.15, 0.2) is 76.4 Å². The van der Waals surface area contributed by atoms with Gasteiger partial charge in [-0.05, 0) is 54.1 Å². The predicted octanol–water partition coefficient (Wildman–Crippen LogP) is 4.56. The Morgan fingerprint density at radius 3 is 2.62 bits per heavy atom. The lowest BCUT2D eigenvalue weighted by molar-refractivity contribution is -0.135. The first-order chi connectivity index (χ1) is 14.1. The lowest BCUT2D eigenvalue weighted by atomic mass is 10.0. The summed E-state index contributed by atoms with van der Waals surface area (Å²) in [6.45, 7) is -0.180. The number of halogens is 1. The molecule has 0 spiro atoms. The van der Waals surface area contributed by atoms with Crippen molar-refractivity contribution in [3.63, 3.8) is 0 Å². The molecule has 2 heterocycles. The fourth-order valence-corrected chi connectivity index (χ4v) is 3.22. The number of nitriles is 1. The first-order valence-corrected chi connectivity index (χ1v) is 9.33. The monoisotopic (exact) mass is 405 g/mol. The SMILES string of the molecule is N#Cc1ccc(OCC(=O)N2N=C(c3ccc(Cl)cc3)C[C@H]2c2ccco2)cc1. The van der Waals surface area contributed by atoms with Crippen LogP contribution in [0.4, 0.5) is 0 Å². The lowest BCUT2D eigenvalue weighted by Crippen LogP contribution is -2.31. The molecule has 144 valence electrons. The summed E-state index contributed by atoms with van der Waals surface area (Å²) < 4.78 is 11.1. The van der Waals surface area contributed by atoms with E-state index in [4.69, 9.17) is 26.0 Å². The number of carbonyl (C=O) groups excluding carboxylic acids is 1. The van der Waals surface area contributed by atoms with Crippen LogP contribution in [0.3, 0.4) is 0 Å². The van der Waals surface area contributed by atoms with Gasteiger partial charge in [-0.25, -0.2) is 5.01 Å². The highest BCUT2D eigenvalue weighted by atomic mass is 35.5. The third-order valence-electron chi connectivity index (χ3n) is 4.56. The van der Waals surface area contributed by atoms with E-state index in [0.29, 0.717) is 28.5 Å². The van der Waals surface area contributed by atoms with Gasteiger partial charge < -0.3 is 9.15 Å². The molecular formula is C22H16ClN3O3. The number of benzene rings is 2. The van der Waals surface area contributed by atoms with Gasteiger partial charge in [-0.2, -0.15) is 10.4 Å². The second-order valence-electron chi connectivity index (χ2n) is 6.45. The third-order valence-corrected chi connectivity index (χ3v) is 4.81. The zero-order valence-corrected chi connectivity index (χ0v) is 16.0. The Bertz CT molecular complexity index is 1070. The minimum absolute atomic E-state index is 0.180. The molecule has 1 atom stereocenters. The second-order valence-corrected chi connectivity index (χ2v) is 6.89. The van der Waals surface area contributed by atoms with Crippen molar-refractivity contribution in [2.24, 2.45) is 5.10 Å². The van der Waals surface area contributed by atoms with Crippen molar-refractivity contribution in [2.75, 3.05) is 6.61 Å². The van der Waals surface area contributed by atoms with Gasteiger partial charge in [-0.1, -0.05) is 23.7 Å². The van der Waals surface area contributed by atoms with Crippen LogP contribution in [0.1, 0.15) is 29.3 Å². The summed E-state index contributed by atoms with van der Waals surface area (Å²) in [5.74, 6) is 0.872. The van der Waals surface area contributed by atoms with Crippen LogP contribution < -0.4 is 4.74 Å². The zero-order chi connectivity index (χ0) is 20.2. The van der Waals surface area contributed by atoms with Crippen LogP contribution in [0.2, 0.25) is 5.02 Å². The maximum Gasteiger partial charge on any atom is 0.281 e. The van der Waals surface area contributed by atoms with E-state index < -0.39 is 0 Å². The molecule has 6 nitrogen and oxygen atoms in total. The van der Waals surface area contributed by atoms with Gasteiger partial charge in [0, 0.05) is 11.4 Å². The molecule has 3 aromatic rings. The normalized spacial score (nSPS) is 15.7. The highest BCUT2D eigenvalue weighted by Gasteiger charge is 2.35. The predicted molar refractivity (Wildman–Crippen MR) is 108 cm³/mol. The molecule has 29 heavy (non-hydrogen) atoms. The summed E-state index contributed by atoms with van der Waals surface area (Å²) in [4.78, 5) is 12.9. The van der Waals surface area contributed by atoms with Gasteiger partial charge >= 0.3 is 0 Å². The number of ether oxygens (including phenoxy) is 1. The Morgan fingerprint density at radius 2 is 1.97 bits per heavy atom. The van der Waals surface area contributed by atoms with Crippen molar-refractivity contribution in [3.8, 4) is 11.8 Å². The molecule has 0 N–H and O–H groups in total. The largest absolute Gasteiger partial charge is 0.484 e. The average molecular weight is 406 g/mol. The fraction of sp³-hybridized carbons (Fsp3) is 0.136. The third kappa shape index (κ3) is 4.15. The van der Waals surface area contributed by atoms with Crippen LogP contribution in [-0.4, -0.2) is 23.2 Å². The van der Waals surface area contributed by atoms with Gasteiger partial charge in [0.2, 0.25) is 0 Å². The Kier molecular flexibility index (Phi) is 5.32. The molecule has 1 amide bonds. The number of nitrogens with zero attached hydrogens (tertiary/aromatic N) is 3. The van der Waals surface area contributed by atoms with Crippen LogP contribution in [0.25, 0.3) is 0 Å². The molecule has 0 aliphatic carbocycles. The van der Waals surface area contributed by atoms with E-state index in [2.05, 4.69) is 5.10 Å². The summed E-state index contributed by atoms with van der Waals surface area (Å²) in [6.07, 6.45) is 2.10. The fourth-order valence-electron chi connectivity index (χ4n) is 3.10. The number of amides is 1. The molecule has 1 aromatic heterocycles. The summed E-state index contributed by atoms with van der Waals surface area (Å²) in [5.41, 5.74) is 2.20. The molecule has 1 aliphatic heterocycles. The smallest absolute Gasteiger partial charge is 0.281 e. The minimum Gasteiger partial charge on any atom is -0.484 e. The molecule has 0 fully saturated rings. The van der Waals surface area contributed by atoms with Crippen LogP contribution in [0.5, 0.6) is 5.75 Å². The lowest BCUT2D eigenvalue weighted by Gasteiger charge is -2.20. The molecule has 0 saturated heterocycles.